The summed E-state index contributed by atoms with van der Waals surface area (Å²) in [5.41, 5.74) is -4.21. The fraction of sp³-hybridized carbons (Fsp3) is 0.579. The van der Waals surface area contributed by atoms with Gasteiger partial charge in [0.05, 0.1) is 29.6 Å². The molecule has 2 fully saturated rings. The normalized spacial score (nSPS) is 23.6. The van der Waals surface area contributed by atoms with E-state index in [-0.39, 0.29) is 24.4 Å². The largest absolute Gasteiger partial charge is 0.446 e. The second-order valence-corrected chi connectivity index (χ2v) is 8.88. The maximum atomic E-state index is 14.2. The minimum atomic E-state index is -4.58. The molecule has 3 rings (SSSR count). The molecular weight excluding hydrogens is 410 g/mol. The summed E-state index contributed by atoms with van der Waals surface area (Å²) in [7, 11) is 0. The van der Waals surface area contributed by atoms with Crippen LogP contribution in [-0.4, -0.2) is 29.5 Å². The number of hydrogen-bond donors (Lipinski definition) is 3. The van der Waals surface area contributed by atoms with E-state index in [2.05, 4.69) is 16.0 Å². The molecule has 2 aliphatic rings. The van der Waals surface area contributed by atoms with Crippen LogP contribution in [0.15, 0.2) is 23.1 Å². The number of halogens is 4. The average molecular weight is 433 g/mol. The summed E-state index contributed by atoms with van der Waals surface area (Å²) in [5.74, 6) is -1.41. The predicted octanol–water partition coefficient (Wildman–Crippen LogP) is 3.47. The number of benzene rings is 1. The molecule has 1 heterocycles. The van der Waals surface area contributed by atoms with E-state index in [1.807, 2.05) is 13.8 Å². The quantitative estimate of drug-likeness (QED) is 0.475. The Morgan fingerprint density at radius 3 is 2.52 bits per heavy atom. The van der Waals surface area contributed by atoms with E-state index in [1.165, 1.54) is 6.07 Å². The molecule has 1 aromatic rings. The van der Waals surface area contributed by atoms with Crippen molar-refractivity contribution in [2.75, 3.05) is 0 Å². The van der Waals surface area contributed by atoms with Gasteiger partial charge in [0.15, 0.2) is 0 Å². The van der Waals surface area contributed by atoms with Crippen molar-refractivity contribution in [2.45, 2.75) is 61.8 Å². The van der Waals surface area contributed by atoms with Gasteiger partial charge in [-0.05, 0) is 54.1 Å². The lowest BCUT2D eigenvalue weighted by Gasteiger charge is -2.33. The number of amides is 2. The predicted molar refractivity (Wildman–Crippen MR) is 100 cm³/mol. The van der Waals surface area contributed by atoms with Crippen molar-refractivity contribution in [1.82, 2.24) is 16.0 Å². The number of carbonyl (C=O) groups is 2. The highest BCUT2D eigenvalue weighted by atomic mass is 32.2. The zero-order valence-corrected chi connectivity index (χ0v) is 16.8. The van der Waals surface area contributed by atoms with Crippen LogP contribution in [0.5, 0.6) is 0 Å². The Morgan fingerprint density at radius 1 is 1.28 bits per heavy atom. The monoisotopic (exact) mass is 433 g/mol. The van der Waals surface area contributed by atoms with E-state index in [4.69, 9.17) is 0 Å². The van der Waals surface area contributed by atoms with Gasteiger partial charge in [0.2, 0.25) is 11.8 Å². The van der Waals surface area contributed by atoms with Crippen molar-refractivity contribution < 1.29 is 27.2 Å². The first kappa shape index (κ1) is 21.9. The van der Waals surface area contributed by atoms with Crippen LogP contribution in [0.4, 0.5) is 17.6 Å². The highest BCUT2D eigenvalue weighted by molar-refractivity contribution is 8.00. The number of hydrogen-bond acceptors (Lipinski definition) is 4. The summed E-state index contributed by atoms with van der Waals surface area (Å²) in [5, 5.41) is 8.79. The third-order valence-corrected chi connectivity index (χ3v) is 5.78. The minimum Gasteiger partial charge on any atom is -0.348 e. The molecule has 0 radical (unpaired) electrons. The third-order valence-electron chi connectivity index (χ3n) is 5.00. The molecule has 1 saturated heterocycles. The van der Waals surface area contributed by atoms with Crippen LogP contribution in [0.25, 0.3) is 0 Å². The van der Waals surface area contributed by atoms with Gasteiger partial charge in [-0.25, -0.2) is 4.39 Å². The highest BCUT2D eigenvalue weighted by Crippen LogP contribution is 2.39. The molecule has 0 aromatic heterocycles. The van der Waals surface area contributed by atoms with Gasteiger partial charge in [-0.1, -0.05) is 19.9 Å². The summed E-state index contributed by atoms with van der Waals surface area (Å²) in [6.45, 7) is 3.63. The fourth-order valence-electron chi connectivity index (χ4n) is 3.39. The lowest BCUT2D eigenvalue weighted by atomic mass is 9.95. The number of carbonyl (C=O) groups excluding carboxylic acids is 2. The fourth-order valence-corrected chi connectivity index (χ4v) is 3.94. The maximum absolute atomic E-state index is 14.2. The van der Waals surface area contributed by atoms with Crippen molar-refractivity contribution in [3.8, 4) is 0 Å². The van der Waals surface area contributed by atoms with Gasteiger partial charge in [0.25, 0.3) is 0 Å². The molecule has 0 spiro atoms. The van der Waals surface area contributed by atoms with E-state index in [0.29, 0.717) is 11.5 Å². The molecular formula is C19H23F4N3O2S. The van der Waals surface area contributed by atoms with Gasteiger partial charge in [-0.3, -0.25) is 14.9 Å². The van der Waals surface area contributed by atoms with Gasteiger partial charge in [-0.2, -0.15) is 13.2 Å². The molecule has 29 heavy (non-hydrogen) atoms. The lowest BCUT2D eigenvalue weighted by Crippen LogP contribution is -2.61. The standard InChI is InChI=1S/C19H23F4N3O2S/c1-9(2)16(11-5-6-14(12(20)7-11)29-19(21,22)23)26-18(28)13-8-15(27)25-17(24-13)10-3-4-10/h5-7,9-10,13,16-17,24H,3-4,8H2,1-2H3,(H,25,27)(H,26,28)/t13?,16-,17?/m1/s1. The molecule has 1 aliphatic carbocycles. The molecule has 3 N–H and O–H groups in total. The Balaban J connectivity index is 1.72. The Labute approximate surface area is 170 Å². The summed E-state index contributed by atoms with van der Waals surface area (Å²) in [6, 6.07) is 2.16. The summed E-state index contributed by atoms with van der Waals surface area (Å²) < 4.78 is 51.7. The van der Waals surface area contributed by atoms with Crippen LogP contribution in [0, 0.1) is 17.7 Å². The Hall–Kier alpha value is -1.81. The van der Waals surface area contributed by atoms with E-state index in [9.17, 15) is 27.2 Å². The molecule has 1 aliphatic heterocycles. The van der Waals surface area contributed by atoms with E-state index < -0.39 is 46.0 Å². The molecule has 1 aromatic carbocycles. The van der Waals surface area contributed by atoms with E-state index >= 15 is 0 Å². The average Bonchev–Trinajstić information content (AvgIpc) is 3.44. The van der Waals surface area contributed by atoms with E-state index in [0.717, 1.165) is 25.0 Å². The Bertz CT molecular complexity index is 783. The topological polar surface area (TPSA) is 70.2 Å². The second kappa shape index (κ2) is 8.51. The number of nitrogens with one attached hydrogen (secondary N) is 3. The third kappa shape index (κ3) is 5.85. The van der Waals surface area contributed by atoms with Crippen molar-refractivity contribution in [3.05, 3.63) is 29.6 Å². The van der Waals surface area contributed by atoms with Crippen molar-refractivity contribution in [1.29, 1.82) is 0 Å². The first-order valence-corrected chi connectivity index (χ1v) is 10.3. The van der Waals surface area contributed by atoms with Gasteiger partial charge < -0.3 is 10.6 Å². The minimum absolute atomic E-state index is 0.00457. The van der Waals surface area contributed by atoms with Gasteiger partial charge in [-0.15, -0.1) is 0 Å². The first-order valence-electron chi connectivity index (χ1n) is 9.44. The molecule has 10 heteroatoms. The van der Waals surface area contributed by atoms with Crippen LogP contribution < -0.4 is 16.0 Å². The Morgan fingerprint density at radius 2 is 1.97 bits per heavy atom. The summed E-state index contributed by atoms with van der Waals surface area (Å²) in [4.78, 5) is 24.2. The summed E-state index contributed by atoms with van der Waals surface area (Å²) in [6.07, 6.45) is 1.74. The number of rotatable bonds is 6. The highest BCUT2D eigenvalue weighted by Gasteiger charge is 2.39. The van der Waals surface area contributed by atoms with Crippen molar-refractivity contribution >= 4 is 23.6 Å². The SMILES string of the molecule is CC(C)[C@@H](NC(=O)C1CC(=O)NC(C2CC2)N1)c1ccc(SC(F)(F)F)c(F)c1. The second-order valence-electron chi connectivity index (χ2n) is 7.77. The van der Waals surface area contributed by atoms with Crippen LogP contribution in [0.2, 0.25) is 0 Å². The molecule has 2 amide bonds. The smallest absolute Gasteiger partial charge is 0.348 e. The summed E-state index contributed by atoms with van der Waals surface area (Å²) >= 11 is -0.515. The van der Waals surface area contributed by atoms with Gasteiger partial charge in [0, 0.05) is 0 Å². The zero-order valence-electron chi connectivity index (χ0n) is 16.0. The first-order chi connectivity index (χ1) is 13.5. The molecule has 3 atom stereocenters. The van der Waals surface area contributed by atoms with Crippen molar-refractivity contribution in [2.24, 2.45) is 11.8 Å². The van der Waals surface area contributed by atoms with Crippen LogP contribution >= 0.6 is 11.8 Å². The van der Waals surface area contributed by atoms with Gasteiger partial charge in [0.1, 0.15) is 5.82 Å². The molecule has 0 bridgehead atoms. The molecule has 2 unspecified atom stereocenters. The van der Waals surface area contributed by atoms with Gasteiger partial charge >= 0.3 is 5.51 Å². The number of alkyl halides is 3. The molecule has 160 valence electrons. The lowest BCUT2D eigenvalue weighted by molar-refractivity contribution is -0.132. The van der Waals surface area contributed by atoms with E-state index in [1.54, 1.807) is 0 Å². The van der Waals surface area contributed by atoms with Crippen LogP contribution in [0.3, 0.4) is 0 Å². The molecule has 5 nitrogen and oxygen atoms in total. The number of thioether (sulfide) groups is 1. The molecule has 1 saturated carbocycles. The Kier molecular flexibility index (Phi) is 6.42. The zero-order chi connectivity index (χ0) is 21.3. The van der Waals surface area contributed by atoms with Crippen LogP contribution in [0.1, 0.15) is 44.7 Å². The van der Waals surface area contributed by atoms with Crippen LogP contribution in [-0.2, 0) is 9.59 Å². The van der Waals surface area contributed by atoms with Crippen molar-refractivity contribution in [3.63, 3.8) is 0 Å². The maximum Gasteiger partial charge on any atom is 0.446 e.